The van der Waals surface area contributed by atoms with E-state index in [0.29, 0.717) is 0 Å². The van der Waals surface area contributed by atoms with E-state index in [2.05, 4.69) is 10.6 Å². The second-order valence-electron chi connectivity index (χ2n) is 4.86. The molecule has 0 aromatic heterocycles. The fourth-order valence-electron chi connectivity index (χ4n) is 2.46. The fraction of sp³-hybridized carbons (Fsp3) is 1.00. The molecule has 2 aliphatic rings. The summed E-state index contributed by atoms with van der Waals surface area (Å²) in [6, 6.07) is 0. The SMILES string of the molecule is OC1CC(CNCC2CCCNC2)C1. The van der Waals surface area contributed by atoms with Crippen molar-refractivity contribution >= 4 is 0 Å². The number of rotatable bonds is 4. The molecule has 1 saturated carbocycles. The van der Waals surface area contributed by atoms with Gasteiger partial charge in [-0.2, -0.15) is 0 Å². The molecule has 1 aliphatic heterocycles. The molecule has 0 amide bonds. The topological polar surface area (TPSA) is 44.3 Å². The molecule has 3 nitrogen and oxygen atoms in total. The Labute approximate surface area is 86.3 Å². The third-order valence-corrected chi connectivity index (χ3v) is 3.48. The molecule has 1 heterocycles. The lowest BCUT2D eigenvalue weighted by Gasteiger charge is -2.32. The Kier molecular flexibility index (Phi) is 3.79. The van der Waals surface area contributed by atoms with E-state index in [0.717, 1.165) is 37.8 Å². The summed E-state index contributed by atoms with van der Waals surface area (Å²) in [5.74, 6) is 1.57. The molecule has 1 unspecified atom stereocenters. The number of aliphatic hydroxyl groups is 1. The van der Waals surface area contributed by atoms with Crippen molar-refractivity contribution in [3.05, 3.63) is 0 Å². The van der Waals surface area contributed by atoms with Gasteiger partial charge in [0, 0.05) is 0 Å². The standard InChI is InChI=1S/C11H22N2O/c14-11-4-10(5-11)8-13-7-9-2-1-3-12-6-9/h9-14H,1-8H2. The van der Waals surface area contributed by atoms with E-state index < -0.39 is 0 Å². The third-order valence-electron chi connectivity index (χ3n) is 3.48. The van der Waals surface area contributed by atoms with Crippen LogP contribution in [0.25, 0.3) is 0 Å². The predicted molar refractivity (Wildman–Crippen MR) is 57.2 cm³/mol. The predicted octanol–water partition coefficient (Wildman–Crippen LogP) is 0.346. The van der Waals surface area contributed by atoms with Crippen LogP contribution < -0.4 is 10.6 Å². The molecule has 0 bridgehead atoms. The molecule has 2 fully saturated rings. The molecule has 0 aromatic carbocycles. The van der Waals surface area contributed by atoms with Crippen LogP contribution in [0.15, 0.2) is 0 Å². The van der Waals surface area contributed by atoms with Crippen molar-refractivity contribution in [3.63, 3.8) is 0 Å². The molecule has 1 atom stereocenters. The van der Waals surface area contributed by atoms with E-state index in [-0.39, 0.29) is 6.10 Å². The Morgan fingerprint density at radius 3 is 2.64 bits per heavy atom. The highest BCUT2D eigenvalue weighted by molar-refractivity contribution is 4.81. The number of nitrogens with one attached hydrogen (secondary N) is 2. The summed E-state index contributed by atoms with van der Waals surface area (Å²) >= 11 is 0. The highest BCUT2D eigenvalue weighted by atomic mass is 16.3. The minimum Gasteiger partial charge on any atom is -0.393 e. The third kappa shape index (κ3) is 2.94. The molecule has 0 radical (unpaired) electrons. The molecule has 1 aliphatic carbocycles. The van der Waals surface area contributed by atoms with Gasteiger partial charge in [0.1, 0.15) is 0 Å². The minimum absolute atomic E-state index is 0.00172. The fourth-order valence-corrected chi connectivity index (χ4v) is 2.46. The van der Waals surface area contributed by atoms with E-state index in [1.54, 1.807) is 0 Å². The Morgan fingerprint density at radius 2 is 2.00 bits per heavy atom. The zero-order valence-corrected chi connectivity index (χ0v) is 8.84. The summed E-state index contributed by atoms with van der Waals surface area (Å²) in [4.78, 5) is 0. The van der Waals surface area contributed by atoms with Crippen LogP contribution in [-0.4, -0.2) is 37.4 Å². The molecule has 0 spiro atoms. The minimum atomic E-state index is -0.00172. The van der Waals surface area contributed by atoms with Gasteiger partial charge in [0.25, 0.3) is 0 Å². The smallest absolute Gasteiger partial charge is 0.0546 e. The van der Waals surface area contributed by atoms with Crippen molar-refractivity contribution in [2.45, 2.75) is 31.8 Å². The lowest BCUT2D eigenvalue weighted by Crippen LogP contribution is -2.40. The average molecular weight is 198 g/mol. The van der Waals surface area contributed by atoms with E-state index in [4.69, 9.17) is 5.11 Å². The molecule has 0 aromatic rings. The van der Waals surface area contributed by atoms with Crippen LogP contribution in [0.2, 0.25) is 0 Å². The maximum Gasteiger partial charge on any atom is 0.0546 e. The average Bonchev–Trinajstić information content (AvgIpc) is 2.17. The van der Waals surface area contributed by atoms with E-state index >= 15 is 0 Å². The van der Waals surface area contributed by atoms with Crippen LogP contribution in [0.4, 0.5) is 0 Å². The Bertz CT molecular complexity index is 163. The molecular weight excluding hydrogens is 176 g/mol. The monoisotopic (exact) mass is 198 g/mol. The van der Waals surface area contributed by atoms with Gasteiger partial charge in [-0.1, -0.05) is 0 Å². The lowest BCUT2D eigenvalue weighted by molar-refractivity contribution is 0.0426. The second-order valence-corrected chi connectivity index (χ2v) is 4.86. The molecule has 2 rings (SSSR count). The number of hydrogen-bond acceptors (Lipinski definition) is 3. The Hall–Kier alpha value is -0.120. The van der Waals surface area contributed by atoms with Crippen molar-refractivity contribution in [1.82, 2.24) is 10.6 Å². The van der Waals surface area contributed by atoms with E-state index in [1.165, 1.54) is 25.9 Å². The Balaban J connectivity index is 1.50. The first-order valence-electron chi connectivity index (χ1n) is 5.94. The maximum atomic E-state index is 9.13. The number of aliphatic hydroxyl groups excluding tert-OH is 1. The van der Waals surface area contributed by atoms with Crippen LogP contribution in [0.5, 0.6) is 0 Å². The summed E-state index contributed by atoms with van der Waals surface area (Å²) in [6.45, 7) is 4.64. The van der Waals surface area contributed by atoms with Gasteiger partial charge in [0.2, 0.25) is 0 Å². The van der Waals surface area contributed by atoms with Gasteiger partial charge in [-0.05, 0) is 63.7 Å². The van der Waals surface area contributed by atoms with Gasteiger partial charge in [-0.3, -0.25) is 0 Å². The van der Waals surface area contributed by atoms with E-state index in [9.17, 15) is 0 Å². The van der Waals surface area contributed by atoms with Gasteiger partial charge in [0.15, 0.2) is 0 Å². The van der Waals surface area contributed by atoms with Gasteiger partial charge in [0.05, 0.1) is 6.10 Å². The van der Waals surface area contributed by atoms with Gasteiger partial charge in [-0.15, -0.1) is 0 Å². The molecular formula is C11H22N2O. The van der Waals surface area contributed by atoms with Crippen molar-refractivity contribution in [2.75, 3.05) is 26.2 Å². The van der Waals surface area contributed by atoms with Crippen molar-refractivity contribution < 1.29 is 5.11 Å². The summed E-state index contributed by atoms with van der Waals surface area (Å²) in [6.07, 6.45) is 4.71. The number of piperidine rings is 1. The van der Waals surface area contributed by atoms with Crippen LogP contribution in [0.1, 0.15) is 25.7 Å². The molecule has 3 heteroatoms. The first-order valence-corrected chi connectivity index (χ1v) is 5.94. The summed E-state index contributed by atoms with van der Waals surface area (Å²) in [5, 5.41) is 16.1. The van der Waals surface area contributed by atoms with Crippen LogP contribution in [0.3, 0.4) is 0 Å². The second kappa shape index (κ2) is 5.10. The molecule has 82 valence electrons. The molecule has 3 N–H and O–H groups in total. The lowest BCUT2D eigenvalue weighted by atomic mass is 9.82. The van der Waals surface area contributed by atoms with Crippen LogP contribution in [-0.2, 0) is 0 Å². The first-order chi connectivity index (χ1) is 6.84. The van der Waals surface area contributed by atoms with Crippen molar-refractivity contribution in [3.8, 4) is 0 Å². The van der Waals surface area contributed by atoms with Gasteiger partial charge >= 0.3 is 0 Å². The van der Waals surface area contributed by atoms with Gasteiger partial charge in [-0.25, -0.2) is 0 Å². The zero-order chi connectivity index (χ0) is 9.80. The molecule has 14 heavy (non-hydrogen) atoms. The number of hydrogen-bond donors (Lipinski definition) is 3. The van der Waals surface area contributed by atoms with E-state index in [1.807, 2.05) is 0 Å². The normalized spacial score (nSPS) is 37.9. The summed E-state index contributed by atoms with van der Waals surface area (Å²) in [5.41, 5.74) is 0. The Morgan fingerprint density at radius 1 is 1.21 bits per heavy atom. The van der Waals surface area contributed by atoms with Crippen molar-refractivity contribution in [2.24, 2.45) is 11.8 Å². The van der Waals surface area contributed by atoms with Crippen LogP contribution in [0, 0.1) is 11.8 Å². The first kappa shape index (κ1) is 10.4. The quantitative estimate of drug-likeness (QED) is 0.610. The molecule has 1 saturated heterocycles. The maximum absolute atomic E-state index is 9.13. The van der Waals surface area contributed by atoms with Crippen molar-refractivity contribution in [1.29, 1.82) is 0 Å². The van der Waals surface area contributed by atoms with Gasteiger partial charge < -0.3 is 15.7 Å². The summed E-state index contributed by atoms with van der Waals surface area (Å²) < 4.78 is 0. The van der Waals surface area contributed by atoms with Crippen LogP contribution >= 0.6 is 0 Å². The largest absolute Gasteiger partial charge is 0.393 e. The highest BCUT2D eigenvalue weighted by Crippen LogP contribution is 2.26. The zero-order valence-electron chi connectivity index (χ0n) is 8.84. The highest BCUT2D eigenvalue weighted by Gasteiger charge is 2.26. The summed E-state index contributed by atoms with van der Waals surface area (Å²) in [7, 11) is 0.